The summed E-state index contributed by atoms with van der Waals surface area (Å²) in [5.41, 5.74) is 2.09. The van der Waals surface area contributed by atoms with E-state index in [9.17, 15) is 9.59 Å². The molecule has 1 saturated heterocycles. The number of carbonyl (C=O) groups is 2. The number of imide groups is 1. The Kier molecular flexibility index (Phi) is 4.27. The molecule has 0 radical (unpaired) electrons. The lowest BCUT2D eigenvalue weighted by Gasteiger charge is -2.15. The first-order chi connectivity index (χ1) is 14.6. The van der Waals surface area contributed by atoms with E-state index < -0.39 is 11.9 Å². The van der Waals surface area contributed by atoms with E-state index in [4.69, 9.17) is 0 Å². The molecular weight excluding hydrogens is 386 g/mol. The van der Waals surface area contributed by atoms with Crippen LogP contribution >= 0.6 is 0 Å². The number of rotatable bonds is 6. The SMILES string of the molecule is CC(Nc1nc(NC2CC2)n2ncc(/C=C3\NC(=O)NC3=O)c2n1)c1ccccn1. The Hall–Kier alpha value is -4.02. The lowest BCUT2D eigenvalue weighted by atomic mass is 10.2. The van der Waals surface area contributed by atoms with Crippen LogP contribution in [0.15, 0.2) is 36.3 Å². The minimum Gasteiger partial charge on any atom is -0.351 e. The number of carbonyl (C=O) groups excluding carboxylic acids is 2. The van der Waals surface area contributed by atoms with E-state index >= 15 is 0 Å². The summed E-state index contributed by atoms with van der Waals surface area (Å²) in [6, 6.07) is 5.39. The predicted molar refractivity (Wildman–Crippen MR) is 108 cm³/mol. The first-order valence-corrected chi connectivity index (χ1v) is 9.60. The molecule has 1 saturated carbocycles. The molecule has 2 aliphatic rings. The standard InChI is InChI=1S/C19H19N9O2/c1-10(13-4-2-3-7-20-13)22-17-25-15-11(8-14-16(29)26-19(30)24-14)9-21-28(15)18(27-17)23-12-5-6-12/h2-4,7-10,12H,5-6H2,1H3,(H2,22,23,25,27)(H2,24,26,29,30)/b14-8-. The van der Waals surface area contributed by atoms with Crippen molar-refractivity contribution in [2.24, 2.45) is 0 Å². The van der Waals surface area contributed by atoms with Crippen LogP contribution in [0.4, 0.5) is 16.7 Å². The maximum atomic E-state index is 11.9. The summed E-state index contributed by atoms with van der Waals surface area (Å²) < 4.78 is 1.59. The fourth-order valence-corrected chi connectivity index (χ4v) is 3.10. The highest BCUT2D eigenvalue weighted by Crippen LogP contribution is 2.26. The van der Waals surface area contributed by atoms with Gasteiger partial charge in [0.05, 0.1) is 17.9 Å². The number of amides is 3. The molecule has 0 aromatic carbocycles. The normalized spacial score (nSPS) is 18.4. The van der Waals surface area contributed by atoms with Gasteiger partial charge >= 0.3 is 6.03 Å². The van der Waals surface area contributed by atoms with Gasteiger partial charge in [-0.3, -0.25) is 15.1 Å². The van der Waals surface area contributed by atoms with Gasteiger partial charge in [-0.25, -0.2) is 4.79 Å². The van der Waals surface area contributed by atoms with Crippen molar-refractivity contribution in [3.05, 3.63) is 47.5 Å². The molecule has 2 fully saturated rings. The number of fused-ring (bicyclic) bond motifs is 1. The fourth-order valence-electron chi connectivity index (χ4n) is 3.10. The van der Waals surface area contributed by atoms with Gasteiger partial charge in [-0.2, -0.15) is 19.6 Å². The zero-order valence-corrected chi connectivity index (χ0v) is 16.1. The summed E-state index contributed by atoms with van der Waals surface area (Å²) in [5, 5.41) is 15.7. The molecule has 1 aliphatic carbocycles. The second-order valence-corrected chi connectivity index (χ2v) is 7.21. The highest BCUT2D eigenvalue weighted by atomic mass is 16.2. The average molecular weight is 405 g/mol. The lowest BCUT2D eigenvalue weighted by molar-refractivity contribution is -0.115. The molecule has 3 aromatic rings. The first-order valence-electron chi connectivity index (χ1n) is 9.60. The van der Waals surface area contributed by atoms with Crippen LogP contribution in [0.2, 0.25) is 0 Å². The zero-order valence-electron chi connectivity index (χ0n) is 16.1. The van der Waals surface area contributed by atoms with Gasteiger partial charge in [0.25, 0.3) is 5.91 Å². The van der Waals surface area contributed by atoms with Crippen molar-refractivity contribution in [2.45, 2.75) is 31.8 Å². The molecule has 30 heavy (non-hydrogen) atoms. The molecule has 3 aromatic heterocycles. The quantitative estimate of drug-likeness (QED) is 0.357. The van der Waals surface area contributed by atoms with Gasteiger partial charge in [0, 0.05) is 17.8 Å². The first kappa shape index (κ1) is 18.0. The minimum atomic E-state index is -0.556. The minimum absolute atomic E-state index is 0.118. The average Bonchev–Trinajstić information content (AvgIpc) is 3.37. The summed E-state index contributed by atoms with van der Waals surface area (Å²) >= 11 is 0. The Morgan fingerprint density at radius 1 is 1.23 bits per heavy atom. The molecule has 5 rings (SSSR count). The second kappa shape index (κ2) is 7.10. The molecule has 11 heteroatoms. The van der Waals surface area contributed by atoms with Crippen molar-refractivity contribution >= 4 is 35.6 Å². The monoisotopic (exact) mass is 405 g/mol. The van der Waals surface area contributed by atoms with E-state index in [1.54, 1.807) is 23.0 Å². The van der Waals surface area contributed by atoms with E-state index in [1.807, 2.05) is 25.1 Å². The van der Waals surface area contributed by atoms with Crippen LogP contribution in [0.1, 0.15) is 37.1 Å². The van der Waals surface area contributed by atoms with E-state index in [-0.39, 0.29) is 11.7 Å². The molecule has 1 aliphatic heterocycles. The van der Waals surface area contributed by atoms with E-state index in [0.717, 1.165) is 18.5 Å². The summed E-state index contributed by atoms with van der Waals surface area (Å²) in [6.45, 7) is 1.97. The molecule has 1 atom stereocenters. The highest BCUT2D eigenvalue weighted by Gasteiger charge is 2.26. The molecule has 0 bridgehead atoms. The van der Waals surface area contributed by atoms with Crippen LogP contribution in [0, 0.1) is 0 Å². The third-order valence-corrected chi connectivity index (χ3v) is 4.80. The topological polar surface area (TPSA) is 138 Å². The van der Waals surface area contributed by atoms with E-state index in [0.29, 0.717) is 29.1 Å². The lowest BCUT2D eigenvalue weighted by Crippen LogP contribution is -2.22. The molecule has 3 amide bonds. The maximum Gasteiger partial charge on any atom is 0.326 e. The van der Waals surface area contributed by atoms with Gasteiger partial charge in [-0.15, -0.1) is 0 Å². The number of hydrogen-bond donors (Lipinski definition) is 4. The van der Waals surface area contributed by atoms with Crippen molar-refractivity contribution < 1.29 is 9.59 Å². The number of nitrogens with zero attached hydrogens (tertiary/aromatic N) is 5. The van der Waals surface area contributed by atoms with Crippen LogP contribution in [0.3, 0.4) is 0 Å². The molecule has 11 nitrogen and oxygen atoms in total. The molecule has 152 valence electrons. The number of nitrogens with one attached hydrogen (secondary N) is 4. The van der Waals surface area contributed by atoms with Gasteiger partial charge in [0.1, 0.15) is 5.70 Å². The Morgan fingerprint density at radius 2 is 2.10 bits per heavy atom. The largest absolute Gasteiger partial charge is 0.351 e. The Bertz CT molecular complexity index is 1170. The van der Waals surface area contributed by atoms with Gasteiger partial charge in [-0.1, -0.05) is 6.07 Å². The van der Waals surface area contributed by atoms with E-state index in [2.05, 4.69) is 41.3 Å². The molecule has 4 N–H and O–H groups in total. The number of pyridine rings is 1. The van der Waals surface area contributed by atoms with Gasteiger partial charge in [0.2, 0.25) is 11.9 Å². The maximum absolute atomic E-state index is 11.9. The second-order valence-electron chi connectivity index (χ2n) is 7.21. The smallest absolute Gasteiger partial charge is 0.326 e. The van der Waals surface area contributed by atoms with Crippen LogP contribution in [0.25, 0.3) is 11.7 Å². The molecule has 4 heterocycles. The number of hydrogen-bond acceptors (Lipinski definition) is 8. The van der Waals surface area contributed by atoms with Crippen molar-refractivity contribution in [3.8, 4) is 0 Å². The van der Waals surface area contributed by atoms with Crippen molar-refractivity contribution in [1.82, 2.24) is 35.2 Å². The number of aromatic nitrogens is 5. The summed E-state index contributed by atoms with van der Waals surface area (Å²) in [5.74, 6) is 0.471. The number of urea groups is 1. The predicted octanol–water partition coefficient (Wildman–Crippen LogP) is 1.45. The Labute approximate surface area is 171 Å². The van der Waals surface area contributed by atoms with Crippen LogP contribution in [-0.4, -0.2) is 42.5 Å². The number of anilines is 2. The van der Waals surface area contributed by atoms with E-state index in [1.165, 1.54) is 0 Å². The third kappa shape index (κ3) is 3.52. The van der Waals surface area contributed by atoms with Crippen LogP contribution in [-0.2, 0) is 4.79 Å². The third-order valence-electron chi connectivity index (χ3n) is 4.80. The summed E-state index contributed by atoms with van der Waals surface area (Å²) in [4.78, 5) is 36.8. The Balaban J connectivity index is 1.53. The highest BCUT2D eigenvalue weighted by molar-refractivity contribution is 6.14. The Morgan fingerprint density at radius 3 is 2.80 bits per heavy atom. The molecule has 1 unspecified atom stereocenters. The van der Waals surface area contributed by atoms with Crippen molar-refractivity contribution in [2.75, 3.05) is 10.6 Å². The van der Waals surface area contributed by atoms with Crippen LogP contribution in [0.5, 0.6) is 0 Å². The summed E-state index contributed by atoms with van der Waals surface area (Å²) in [6.07, 6.45) is 7.01. The van der Waals surface area contributed by atoms with Gasteiger partial charge < -0.3 is 16.0 Å². The molecule has 0 spiro atoms. The van der Waals surface area contributed by atoms with Crippen LogP contribution < -0.4 is 21.3 Å². The molecular formula is C19H19N9O2. The van der Waals surface area contributed by atoms with Gasteiger partial charge in [0.15, 0.2) is 5.65 Å². The zero-order chi connectivity index (χ0) is 20.7. The van der Waals surface area contributed by atoms with Gasteiger partial charge in [-0.05, 0) is 38.0 Å². The fraction of sp³-hybridized carbons (Fsp3) is 0.263. The van der Waals surface area contributed by atoms with Crippen molar-refractivity contribution in [1.29, 1.82) is 0 Å². The summed E-state index contributed by atoms with van der Waals surface area (Å²) in [7, 11) is 0. The van der Waals surface area contributed by atoms with Crippen molar-refractivity contribution in [3.63, 3.8) is 0 Å².